The van der Waals surface area contributed by atoms with Crippen molar-refractivity contribution in [1.82, 2.24) is 9.55 Å². The van der Waals surface area contributed by atoms with E-state index in [1.54, 1.807) is 36.4 Å². The standard InChI is InChI=1S/C21H21N3O5/c1-13-8-9-18(28-3)17(10-13)23-20(26)14(2)29-19(25)11-24-12-22-16-7-5-4-6-15(16)21(24)27/h4-10,12,14H,11H2,1-3H3,(H,23,26)/t14-/m0/s1. The van der Waals surface area contributed by atoms with Gasteiger partial charge in [-0.1, -0.05) is 18.2 Å². The molecular formula is C21H21N3O5. The molecule has 0 aliphatic rings. The molecule has 3 aromatic rings. The van der Waals surface area contributed by atoms with Crippen molar-refractivity contribution >= 4 is 28.5 Å². The van der Waals surface area contributed by atoms with E-state index in [0.29, 0.717) is 22.3 Å². The van der Waals surface area contributed by atoms with Gasteiger partial charge in [0.2, 0.25) is 0 Å². The van der Waals surface area contributed by atoms with Gasteiger partial charge in [-0.05, 0) is 43.7 Å². The number of nitrogens with one attached hydrogen (secondary N) is 1. The molecule has 0 saturated heterocycles. The van der Waals surface area contributed by atoms with Crippen LogP contribution in [0, 0.1) is 6.92 Å². The first-order chi connectivity index (χ1) is 13.9. The molecule has 0 fully saturated rings. The number of hydrogen-bond acceptors (Lipinski definition) is 6. The maximum Gasteiger partial charge on any atom is 0.326 e. The van der Waals surface area contributed by atoms with Gasteiger partial charge in [-0.3, -0.25) is 19.0 Å². The Kier molecular flexibility index (Phi) is 5.92. The van der Waals surface area contributed by atoms with Gasteiger partial charge in [-0.2, -0.15) is 0 Å². The number of fused-ring (bicyclic) bond motifs is 1. The summed E-state index contributed by atoms with van der Waals surface area (Å²) in [7, 11) is 1.50. The number of carbonyl (C=O) groups is 2. The quantitative estimate of drug-likeness (QED) is 0.643. The molecule has 0 radical (unpaired) electrons. The van der Waals surface area contributed by atoms with E-state index in [-0.39, 0.29) is 12.1 Å². The van der Waals surface area contributed by atoms with Gasteiger partial charge < -0.3 is 14.8 Å². The lowest BCUT2D eigenvalue weighted by atomic mass is 10.2. The van der Waals surface area contributed by atoms with Gasteiger partial charge >= 0.3 is 5.97 Å². The van der Waals surface area contributed by atoms with Crippen molar-refractivity contribution in [1.29, 1.82) is 0 Å². The number of esters is 1. The average Bonchev–Trinajstić information content (AvgIpc) is 2.70. The number of methoxy groups -OCH3 is 1. The molecule has 2 aromatic carbocycles. The number of para-hydroxylation sites is 1. The van der Waals surface area contributed by atoms with Crippen molar-refractivity contribution in [3.05, 3.63) is 64.7 Å². The highest BCUT2D eigenvalue weighted by atomic mass is 16.5. The molecule has 0 bridgehead atoms. The third-order valence-electron chi connectivity index (χ3n) is 4.32. The molecule has 1 aromatic heterocycles. The second-order valence-electron chi connectivity index (χ2n) is 6.52. The van der Waals surface area contributed by atoms with E-state index in [0.717, 1.165) is 10.1 Å². The molecule has 8 heteroatoms. The van der Waals surface area contributed by atoms with E-state index >= 15 is 0 Å². The molecule has 3 rings (SSSR count). The Bertz CT molecular complexity index is 1120. The van der Waals surface area contributed by atoms with E-state index in [2.05, 4.69) is 10.3 Å². The Balaban J connectivity index is 1.66. The third-order valence-corrected chi connectivity index (χ3v) is 4.32. The Morgan fingerprint density at radius 2 is 1.97 bits per heavy atom. The van der Waals surface area contributed by atoms with E-state index in [1.807, 2.05) is 13.0 Å². The van der Waals surface area contributed by atoms with Gasteiger partial charge in [0.05, 0.1) is 30.0 Å². The van der Waals surface area contributed by atoms with Crippen LogP contribution in [0.3, 0.4) is 0 Å². The van der Waals surface area contributed by atoms with Gasteiger partial charge in [-0.25, -0.2) is 4.98 Å². The van der Waals surface area contributed by atoms with Crippen molar-refractivity contribution < 1.29 is 19.1 Å². The molecule has 1 atom stereocenters. The van der Waals surface area contributed by atoms with E-state index in [1.165, 1.54) is 20.4 Å². The van der Waals surface area contributed by atoms with Crippen LogP contribution >= 0.6 is 0 Å². The van der Waals surface area contributed by atoms with E-state index in [4.69, 9.17) is 9.47 Å². The van der Waals surface area contributed by atoms with Crippen LogP contribution in [0.15, 0.2) is 53.6 Å². The van der Waals surface area contributed by atoms with Crippen molar-refractivity contribution in [3.8, 4) is 5.75 Å². The molecule has 8 nitrogen and oxygen atoms in total. The number of aryl methyl sites for hydroxylation is 1. The largest absolute Gasteiger partial charge is 0.495 e. The number of benzene rings is 2. The topological polar surface area (TPSA) is 99.5 Å². The lowest BCUT2D eigenvalue weighted by molar-refractivity contribution is -0.153. The summed E-state index contributed by atoms with van der Waals surface area (Å²) in [5.41, 5.74) is 1.61. The zero-order chi connectivity index (χ0) is 21.0. The van der Waals surface area contributed by atoms with Crippen LogP contribution in [0.4, 0.5) is 5.69 Å². The van der Waals surface area contributed by atoms with Crippen molar-refractivity contribution in [2.45, 2.75) is 26.5 Å². The first-order valence-electron chi connectivity index (χ1n) is 8.98. The Morgan fingerprint density at radius 1 is 1.21 bits per heavy atom. The van der Waals surface area contributed by atoms with E-state index in [9.17, 15) is 14.4 Å². The summed E-state index contributed by atoms with van der Waals surface area (Å²) in [5, 5.41) is 3.09. The Labute approximate surface area is 167 Å². The predicted molar refractivity (Wildman–Crippen MR) is 108 cm³/mol. The van der Waals surface area contributed by atoms with Gasteiger partial charge in [0.15, 0.2) is 6.10 Å². The molecule has 1 heterocycles. The summed E-state index contributed by atoms with van der Waals surface area (Å²) in [5.74, 6) is -0.731. The summed E-state index contributed by atoms with van der Waals surface area (Å²) < 4.78 is 11.6. The summed E-state index contributed by atoms with van der Waals surface area (Å²) in [4.78, 5) is 41.2. The molecule has 0 saturated carbocycles. The van der Waals surface area contributed by atoms with Crippen molar-refractivity contribution in [2.24, 2.45) is 0 Å². The smallest absolute Gasteiger partial charge is 0.326 e. The number of anilines is 1. The highest BCUT2D eigenvalue weighted by molar-refractivity contribution is 5.96. The molecule has 0 aliphatic carbocycles. The fraction of sp³-hybridized carbons (Fsp3) is 0.238. The average molecular weight is 395 g/mol. The molecule has 1 amide bonds. The highest BCUT2D eigenvalue weighted by Gasteiger charge is 2.20. The minimum atomic E-state index is -1.06. The lowest BCUT2D eigenvalue weighted by Crippen LogP contribution is -2.33. The first kappa shape index (κ1) is 20.1. The van der Waals surface area contributed by atoms with Crippen LogP contribution in [-0.4, -0.2) is 34.6 Å². The minimum Gasteiger partial charge on any atom is -0.495 e. The molecule has 0 spiro atoms. The second-order valence-corrected chi connectivity index (χ2v) is 6.52. The number of rotatable bonds is 6. The number of nitrogens with zero attached hydrogens (tertiary/aromatic N) is 2. The highest BCUT2D eigenvalue weighted by Crippen LogP contribution is 2.25. The van der Waals surface area contributed by atoms with Crippen LogP contribution in [0.5, 0.6) is 5.75 Å². The molecule has 150 valence electrons. The number of amides is 1. The maximum atomic E-state index is 12.4. The Morgan fingerprint density at radius 3 is 2.72 bits per heavy atom. The van der Waals surface area contributed by atoms with Crippen LogP contribution in [-0.2, 0) is 20.9 Å². The van der Waals surface area contributed by atoms with Gasteiger partial charge in [0, 0.05) is 0 Å². The lowest BCUT2D eigenvalue weighted by Gasteiger charge is -2.16. The Hall–Kier alpha value is -3.68. The maximum absolute atomic E-state index is 12.4. The van der Waals surface area contributed by atoms with Gasteiger partial charge in [0.1, 0.15) is 12.3 Å². The van der Waals surface area contributed by atoms with Crippen LogP contribution in [0.1, 0.15) is 12.5 Å². The third kappa shape index (κ3) is 4.60. The summed E-state index contributed by atoms with van der Waals surface area (Å²) in [6.07, 6.45) is 0.228. The van der Waals surface area contributed by atoms with Crippen LogP contribution in [0.2, 0.25) is 0 Å². The second kappa shape index (κ2) is 8.55. The molecule has 0 unspecified atom stereocenters. The van der Waals surface area contributed by atoms with Gasteiger partial charge in [-0.15, -0.1) is 0 Å². The van der Waals surface area contributed by atoms with Crippen molar-refractivity contribution in [2.75, 3.05) is 12.4 Å². The minimum absolute atomic E-state index is 0.345. The molecule has 1 N–H and O–H groups in total. The SMILES string of the molecule is COc1ccc(C)cc1NC(=O)[C@H](C)OC(=O)Cn1cnc2ccccc2c1=O. The fourth-order valence-corrected chi connectivity index (χ4v) is 2.80. The zero-order valence-corrected chi connectivity index (χ0v) is 16.3. The molecular weight excluding hydrogens is 374 g/mol. The van der Waals surface area contributed by atoms with Crippen LogP contribution in [0.25, 0.3) is 10.9 Å². The molecule has 29 heavy (non-hydrogen) atoms. The number of aromatic nitrogens is 2. The number of ether oxygens (including phenoxy) is 2. The monoisotopic (exact) mass is 395 g/mol. The zero-order valence-electron chi connectivity index (χ0n) is 16.3. The number of carbonyl (C=O) groups excluding carboxylic acids is 2. The predicted octanol–water partition coefficient (Wildman–Crippen LogP) is 2.28. The van der Waals surface area contributed by atoms with Gasteiger partial charge in [0.25, 0.3) is 11.5 Å². The molecule has 0 aliphatic heterocycles. The first-order valence-corrected chi connectivity index (χ1v) is 8.98. The normalized spacial score (nSPS) is 11.7. The van der Waals surface area contributed by atoms with Crippen LogP contribution < -0.4 is 15.6 Å². The summed E-state index contributed by atoms with van der Waals surface area (Å²) in [6, 6.07) is 12.2. The van der Waals surface area contributed by atoms with Crippen molar-refractivity contribution in [3.63, 3.8) is 0 Å². The van der Waals surface area contributed by atoms with E-state index < -0.39 is 18.0 Å². The fourth-order valence-electron chi connectivity index (χ4n) is 2.80. The summed E-state index contributed by atoms with van der Waals surface area (Å²) >= 11 is 0. The summed E-state index contributed by atoms with van der Waals surface area (Å²) in [6.45, 7) is 2.99. The number of hydrogen-bond donors (Lipinski definition) is 1.